The SMILES string of the molecule is C/C=C\c1cc(C)c(-c2cc(-c3nc(C)c(C(=O)Nc4cccc(C(F)(F)CC)c4)n3O)ccc2OC)c(C)c1. The number of anilines is 1. The predicted molar refractivity (Wildman–Crippen MR) is 154 cm³/mol. The Kier molecular flexibility index (Phi) is 8.09. The molecule has 1 aromatic heterocycles. The van der Waals surface area contributed by atoms with Gasteiger partial charge in [0.15, 0.2) is 11.5 Å². The molecule has 0 atom stereocenters. The molecule has 0 spiro atoms. The standard InChI is InChI=1S/C32H33F2N3O3/c1-7-10-22-15-19(3)28(20(4)16-22)26-17-23(13-14-27(26)40-6)30-35-21(5)29(37(30)39)31(38)36-25-12-9-11-24(18-25)32(33,34)8-2/h7,9-18,39H,8H2,1-6H3,(H,36,38)/b10-7-. The molecular weight excluding hydrogens is 512 g/mol. The number of hydrogen-bond acceptors (Lipinski definition) is 4. The highest BCUT2D eigenvalue weighted by Gasteiger charge is 2.29. The number of carbonyl (C=O) groups is 1. The summed E-state index contributed by atoms with van der Waals surface area (Å²) in [5.74, 6) is -2.86. The quantitative estimate of drug-likeness (QED) is 0.219. The van der Waals surface area contributed by atoms with Crippen molar-refractivity contribution in [2.45, 2.75) is 47.0 Å². The van der Waals surface area contributed by atoms with Crippen molar-refractivity contribution in [1.82, 2.24) is 9.71 Å². The zero-order valence-electron chi connectivity index (χ0n) is 23.5. The summed E-state index contributed by atoms with van der Waals surface area (Å²) in [5, 5.41) is 13.7. The minimum absolute atomic E-state index is 0.0944. The van der Waals surface area contributed by atoms with E-state index in [4.69, 9.17) is 4.74 Å². The van der Waals surface area contributed by atoms with Gasteiger partial charge in [0, 0.05) is 28.8 Å². The second-order valence-corrected chi connectivity index (χ2v) is 9.72. The van der Waals surface area contributed by atoms with Crippen LogP contribution in [0, 0.1) is 20.8 Å². The van der Waals surface area contributed by atoms with Gasteiger partial charge in [-0.2, -0.15) is 4.73 Å². The molecule has 2 N–H and O–H groups in total. The first-order valence-corrected chi connectivity index (χ1v) is 13.0. The Morgan fingerprint density at radius 1 is 1.10 bits per heavy atom. The van der Waals surface area contributed by atoms with E-state index in [1.54, 1.807) is 26.2 Å². The van der Waals surface area contributed by atoms with Crippen LogP contribution in [0.2, 0.25) is 0 Å². The molecule has 0 unspecified atom stereocenters. The normalized spacial score (nSPS) is 11.7. The first-order valence-electron chi connectivity index (χ1n) is 13.0. The van der Waals surface area contributed by atoms with E-state index >= 15 is 0 Å². The summed E-state index contributed by atoms with van der Waals surface area (Å²) >= 11 is 0. The first-order chi connectivity index (χ1) is 19.0. The Morgan fingerprint density at radius 3 is 2.42 bits per heavy atom. The lowest BCUT2D eigenvalue weighted by molar-refractivity contribution is -0.00825. The summed E-state index contributed by atoms with van der Waals surface area (Å²) in [7, 11) is 1.60. The number of halogens is 2. The number of aryl methyl sites for hydroxylation is 3. The van der Waals surface area contributed by atoms with Gasteiger partial charge in [-0.05, 0) is 80.3 Å². The largest absolute Gasteiger partial charge is 0.496 e. The summed E-state index contributed by atoms with van der Waals surface area (Å²) < 4.78 is 34.8. The van der Waals surface area contributed by atoms with E-state index in [-0.39, 0.29) is 34.9 Å². The van der Waals surface area contributed by atoms with Crippen molar-refractivity contribution < 1.29 is 23.5 Å². The van der Waals surface area contributed by atoms with Gasteiger partial charge in [0.25, 0.3) is 11.8 Å². The van der Waals surface area contributed by atoms with Crippen molar-refractivity contribution >= 4 is 17.7 Å². The van der Waals surface area contributed by atoms with Gasteiger partial charge in [0.2, 0.25) is 0 Å². The van der Waals surface area contributed by atoms with Crippen molar-refractivity contribution in [3.8, 4) is 28.3 Å². The molecule has 40 heavy (non-hydrogen) atoms. The zero-order valence-corrected chi connectivity index (χ0v) is 23.5. The topological polar surface area (TPSA) is 76.4 Å². The van der Waals surface area contributed by atoms with Gasteiger partial charge in [0.05, 0.1) is 12.8 Å². The molecule has 3 aromatic carbocycles. The number of imidazole rings is 1. The van der Waals surface area contributed by atoms with Crippen LogP contribution in [-0.2, 0) is 5.92 Å². The number of alkyl halides is 2. The molecule has 0 saturated heterocycles. The van der Waals surface area contributed by atoms with Crippen molar-refractivity contribution in [3.63, 3.8) is 0 Å². The molecule has 0 saturated carbocycles. The lowest BCUT2D eigenvalue weighted by Gasteiger charge is -2.16. The van der Waals surface area contributed by atoms with Crippen LogP contribution >= 0.6 is 0 Å². The summed E-state index contributed by atoms with van der Waals surface area (Å²) in [6.45, 7) is 9.04. The average molecular weight is 546 g/mol. The third-order valence-electron chi connectivity index (χ3n) is 6.87. The fraction of sp³-hybridized carbons (Fsp3) is 0.250. The Morgan fingerprint density at radius 2 is 1.80 bits per heavy atom. The predicted octanol–water partition coefficient (Wildman–Crippen LogP) is 8.18. The van der Waals surface area contributed by atoms with Crippen LogP contribution in [-0.4, -0.2) is 27.9 Å². The highest BCUT2D eigenvalue weighted by Crippen LogP contribution is 2.38. The molecule has 0 fully saturated rings. The van der Waals surface area contributed by atoms with Crippen molar-refractivity contribution in [2.75, 3.05) is 12.4 Å². The van der Waals surface area contributed by atoms with Crippen LogP contribution < -0.4 is 10.1 Å². The summed E-state index contributed by atoms with van der Waals surface area (Å²) in [5.41, 5.74) is 5.79. The number of carbonyl (C=O) groups excluding carboxylic acids is 1. The minimum Gasteiger partial charge on any atom is -0.496 e. The molecule has 0 aliphatic rings. The lowest BCUT2D eigenvalue weighted by atomic mass is 9.91. The minimum atomic E-state index is -3.02. The second-order valence-electron chi connectivity index (χ2n) is 9.72. The fourth-order valence-electron chi connectivity index (χ4n) is 4.94. The molecule has 0 aliphatic heterocycles. The number of ether oxygens (including phenoxy) is 1. The number of allylic oxidation sites excluding steroid dienone is 1. The molecule has 4 rings (SSSR count). The number of hydrogen-bond donors (Lipinski definition) is 2. The van der Waals surface area contributed by atoms with E-state index in [0.29, 0.717) is 11.3 Å². The van der Waals surface area contributed by atoms with Crippen LogP contribution in [0.25, 0.3) is 28.6 Å². The number of nitrogens with one attached hydrogen (secondary N) is 1. The highest BCUT2D eigenvalue weighted by atomic mass is 19.3. The molecule has 0 radical (unpaired) electrons. The van der Waals surface area contributed by atoms with Crippen LogP contribution in [0.1, 0.15) is 58.7 Å². The Bertz CT molecular complexity index is 1580. The van der Waals surface area contributed by atoms with E-state index < -0.39 is 11.8 Å². The van der Waals surface area contributed by atoms with Gasteiger partial charge in [-0.1, -0.05) is 43.3 Å². The molecule has 0 aliphatic carbocycles. The Labute approximate surface area is 232 Å². The monoisotopic (exact) mass is 545 g/mol. The molecule has 6 nitrogen and oxygen atoms in total. The van der Waals surface area contributed by atoms with E-state index in [1.807, 2.05) is 39.0 Å². The molecular formula is C32H33F2N3O3. The zero-order chi connectivity index (χ0) is 29.2. The fourth-order valence-corrected chi connectivity index (χ4v) is 4.94. The van der Waals surface area contributed by atoms with Crippen molar-refractivity contribution in [1.29, 1.82) is 0 Å². The lowest BCUT2D eigenvalue weighted by Crippen LogP contribution is -2.18. The molecule has 4 aromatic rings. The van der Waals surface area contributed by atoms with E-state index in [9.17, 15) is 18.8 Å². The molecule has 1 heterocycles. The van der Waals surface area contributed by atoms with Gasteiger partial charge in [-0.15, -0.1) is 0 Å². The number of amides is 1. The van der Waals surface area contributed by atoms with Crippen molar-refractivity contribution in [3.05, 3.63) is 94.3 Å². The van der Waals surface area contributed by atoms with Gasteiger partial charge >= 0.3 is 0 Å². The number of methoxy groups -OCH3 is 1. The molecule has 8 heteroatoms. The third kappa shape index (κ3) is 5.47. The smallest absolute Gasteiger partial charge is 0.277 e. The van der Waals surface area contributed by atoms with E-state index in [0.717, 1.165) is 32.5 Å². The van der Waals surface area contributed by atoms with Crippen LogP contribution in [0.4, 0.5) is 14.5 Å². The highest BCUT2D eigenvalue weighted by molar-refractivity contribution is 6.04. The molecule has 208 valence electrons. The third-order valence-corrected chi connectivity index (χ3v) is 6.87. The van der Waals surface area contributed by atoms with Gasteiger partial charge in [0.1, 0.15) is 5.75 Å². The summed E-state index contributed by atoms with van der Waals surface area (Å²) in [4.78, 5) is 17.6. The Hall–Kier alpha value is -4.46. The maximum atomic E-state index is 14.2. The van der Waals surface area contributed by atoms with Crippen LogP contribution in [0.3, 0.4) is 0 Å². The first kappa shape index (κ1) is 28.5. The maximum absolute atomic E-state index is 14.2. The number of aromatic nitrogens is 2. The van der Waals surface area contributed by atoms with Crippen molar-refractivity contribution in [2.24, 2.45) is 0 Å². The van der Waals surface area contributed by atoms with Gasteiger partial charge in [-0.3, -0.25) is 4.79 Å². The van der Waals surface area contributed by atoms with Crippen LogP contribution in [0.15, 0.2) is 60.7 Å². The second kappa shape index (κ2) is 11.3. The number of nitrogens with zero attached hydrogens (tertiary/aromatic N) is 2. The average Bonchev–Trinajstić information content (AvgIpc) is 3.22. The summed E-state index contributed by atoms with van der Waals surface area (Å²) in [6, 6.07) is 15.1. The summed E-state index contributed by atoms with van der Waals surface area (Å²) in [6.07, 6.45) is 3.67. The maximum Gasteiger partial charge on any atom is 0.277 e. The van der Waals surface area contributed by atoms with Gasteiger partial charge < -0.3 is 15.3 Å². The van der Waals surface area contributed by atoms with Gasteiger partial charge in [-0.25, -0.2) is 13.8 Å². The number of rotatable bonds is 8. The molecule has 1 amide bonds. The van der Waals surface area contributed by atoms with E-state index in [2.05, 4.69) is 22.4 Å². The number of benzene rings is 3. The Balaban J connectivity index is 1.73. The van der Waals surface area contributed by atoms with E-state index in [1.165, 1.54) is 31.2 Å². The molecule has 0 bridgehead atoms. The van der Waals surface area contributed by atoms with Crippen LogP contribution in [0.5, 0.6) is 5.75 Å².